The maximum atomic E-state index is 15.2. The highest BCUT2D eigenvalue weighted by Crippen LogP contribution is 2.43. The minimum Gasteiger partial charge on any atom is -0.267 e. The standard InChI is InChI=1S/C26H14Cl3F7N6O/c27-19-11-15(12-20(28)22(19)29)17(25(31,32)33)13-21(30)14-2-3-16(18(10-14)26(34,35)36)23(43)41(8-4-37)42(9-5-38)24-39-6-1-7-40-24/h1-3,6-7,10-13,17H,8-9H2/b21-13-. The Labute approximate surface area is 253 Å². The van der Waals surface area contributed by atoms with Crippen molar-refractivity contribution in [2.45, 2.75) is 18.3 Å². The van der Waals surface area contributed by atoms with Gasteiger partial charge in [0.25, 0.3) is 5.91 Å². The van der Waals surface area contributed by atoms with Crippen molar-refractivity contribution in [2.75, 3.05) is 18.1 Å². The number of allylic oxidation sites excluding steroid dienone is 1. The summed E-state index contributed by atoms with van der Waals surface area (Å²) in [4.78, 5) is 21.0. The molecule has 3 rings (SSSR count). The summed E-state index contributed by atoms with van der Waals surface area (Å²) < 4.78 is 99.3. The fourth-order valence-corrected chi connectivity index (χ4v) is 4.33. The first-order valence-corrected chi connectivity index (χ1v) is 12.6. The van der Waals surface area contributed by atoms with Crippen molar-refractivity contribution in [1.29, 1.82) is 10.5 Å². The van der Waals surface area contributed by atoms with Gasteiger partial charge in [-0.25, -0.2) is 24.4 Å². The third-order valence-electron chi connectivity index (χ3n) is 5.61. The molecule has 0 aliphatic heterocycles. The number of halogens is 10. The van der Waals surface area contributed by atoms with Crippen LogP contribution in [0.2, 0.25) is 15.1 Å². The van der Waals surface area contributed by atoms with Crippen LogP contribution >= 0.6 is 34.8 Å². The van der Waals surface area contributed by atoms with Crippen molar-refractivity contribution < 1.29 is 35.5 Å². The minimum absolute atomic E-state index is 0.0241. The lowest BCUT2D eigenvalue weighted by Crippen LogP contribution is -2.48. The van der Waals surface area contributed by atoms with Gasteiger partial charge in [-0.1, -0.05) is 40.9 Å². The molecule has 0 spiro atoms. The van der Waals surface area contributed by atoms with Gasteiger partial charge < -0.3 is 0 Å². The number of benzene rings is 2. The number of hydrazine groups is 1. The van der Waals surface area contributed by atoms with E-state index in [1.807, 2.05) is 0 Å². The Hall–Kier alpha value is -4.11. The summed E-state index contributed by atoms with van der Waals surface area (Å²) in [5, 5.41) is 18.7. The van der Waals surface area contributed by atoms with Gasteiger partial charge in [-0.2, -0.15) is 36.9 Å². The summed E-state index contributed by atoms with van der Waals surface area (Å²) in [6, 6.07) is 7.56. The van der Waals surface area contributed by atoms with Crippen molar-refractivity contribution in [3.05, 3.63) is 92.2 Å². The minimum atomic E-state index is -5.32. The second kappa shape index (κ2) is 13.5. The number of hydrogen-bond donors (Lipinski definition) is 0. The Kier molecular flexibility index (Phi) is 10.5. The Morgan fingerprint density at radius 1 is 0.953 bits per heavy atom. The predicted molar refractivity (Wildman–Crippen MR) is 142 cm³/mol. The van der Waals surface area contributed by atoms with E-state index in [1.165, 1.54) is 18.5 Å². The molecule has 1 heterocycles. The third kappa shape index (κ3) is 7.84. The fourth-order valence-electron chi connectivity index (χ4n) is 3.72. The largest absolute Gasteiger partial charge is 0.417 e. The Morgan fingerprint density at radius 2 is 1.53 bits per heavy atom. The van der Waals surface area contributed by atoms with E-state index in [1.54, 1.807) is 12.1 Å². The van der Waals surface area contributed by atoms with Gasteiger partial charge in [-0.3, -0.25) is 4.79 Å². The first-order valence-electron chi connectivity index (χ1n) is 11.5. The van der Waals surface area contributed by atoms with Gasteiger partial charge in [0.1, 0.15) is 24.8 Å². The number of hydrogen-bond acceptors (Lipinski definition) is 6. The van der Waals surface area contributed by atoms with E-state index in [0.717, 1.165) is 17.1 Å². The smallest absolute Gasteiger partial charge is 0.267 e. The van der Waals surface area contributed by atoms with Gasteiger partial charge in [-0.05, 0) is 42.0 Å². The molecule has 0 fully saturated rings. The van der Waals surface area contributed by atoms with Gasteiger partial charge in [0.2, 0.25) is 5.95 Å². The maximum Gasteiger partial charge on any atom is 0.417 e. The molecule has 0 saturated carbocycles. The number of nitrogens with zero attached hydrogens (tertiary/aromatic N) is 6. The number of carbonyl (C=O) groups is 1. The van der Waals surface area contributed by atoms with Crippen LogP contribution in [0, 0.1) is 22.7 Å². The number of anilines is 1. The van der Waals surface area contributed by atoms with Gasteiger partial charge in [0.05, 0.1) is 38.3 Å². The Morgan fingerprint density at radius 3 is 2.05 bits per heavy atom. The van der Waals surface area contributed by atoms with Crippen molar-refractivity contribution in [3.8, 4) is 12.1 Å². The van der Waals surface area contributed by atoms with Gasteiger partial charge in [-0.15, -0.1) is 0 Å². The molecule has 0 saturated heterocycles. The monoisotopic (exact) mass is 664 g/mol. The molecular weight excluding hydrogens is 652 g/mol. The number of alkyl halides is 6. The molecule has 0 N–H and O–H groups in total. The van der Waals surface area contributed by atoms with Crippen molar-refractivity contribution >= 4 is 52.5 Å². The Balaban J connectivity index is 2.13. The average Bonchev–Trinajstić information content (AvgIpc) is 2.94. The lowest BCUT2D eigenvalue weighted by atomic mass is 9.95. The number of carbonyl (C=O) groups excluding carboxylic acids is 1. The zero-order chi connectivity index (χ0) is 32.1. The molecule has 224 valence electrons. The summed E-state index contributed by atoms with van der Waals surface area (Å²) >= 11 is 17.4. The topological polar surface area (TPSA) is 96.9 Å². The van der Waals surface area contributed by atoms with Crippen LogP contribution < -0.4 is 5.01 Å². The second-order valence-corrected chi connectivity index (χ2v) is 9.57. The van der Waals surface area contributed by atoms with E-state index in [4.69, 9.17) is 34.8 Å². The summed E-state index contributed by atoms with van der Waals surface area (Å²) in [5.41, 5.74) is -4.41. The van der Waals surface area contributed by atoms with Crippen LogP contribution in [0.5, 0.6) is 0 Å². The molecule has 0 bridgehead atoms. The molecule has 43 heavy (non-hydrogen) atoms. The summed E-state index contributed by atoms with van der Waals surface area (Å²) in [6.07, 6.45) is -8.00. The van der Waals surface area contributed by atoms with Crippen LogP contribution in [-0.2, 0) is 6.18 Å². The molecule has 0 radical (unpaired) electrons. The van der Waals surface area contributed by atoms with E-state index >= 15 is 4.39 Å². The van der Waals surface area contributed by atoms with E-state index in [0.29, 0.717) is 17.1 Å². The van der Waals surface area contributed by atoms with Crippen molar-refractivity contribution in [2.24, 2.45) is 0 Å². The fraction of sp³-hybridized carbons (Fsp3) is 0.192. The molecule has 1 amide bonds. The summed E-state index contributed by atoms with van der Waals surface area (Å²) in [6.45, 7) is -1.52. The van der Waals surface area contributed by atoms with Crippen molar-refractivity contribution in [1.82, 2.24) is 15.0 Å². The highest BCUT2D eigenvalue weighted by Gasteiger charge is 2.41. The first kappa shape index (κ1) is 33.4. The molecule has 17 heteroatoms. The quantitative estimate of drug-likeness (QED) is 0.105. The molecule has 0 aliphatic carbocycles. The van der Waals surface area contributed by atoms with Crippen LogP contribution in [0.3, 0.4) is 0 Å². The molecule has 2 aromatic carbocycles. The van der Waals surface area contributed by atoms with E-state index < -0.39 is 65.3 Å². The summed E-state index contributed by atoms with van der Waals surface area (Å²) in [5.74, 6) is -6.17. The van der Waals surface area contributed by atoms with Gasteiger partial charge in [0.15, 0.2) is 0 Å². The van der Waals surface area contributed by atoms with E-state index in [-0.39, 0.29) is 33.2 Å². The normalized spacial score (nSPS) is 12.7. The van der Waals surface area contributed by atoms with E-state index in [2.05, 4.69) is 9.97 Å². The summed E-state index contributed by atoms with van der Waals surface area (Å²) in [7, 11) is 0. The number of amides is 1. The molecule has 7 nitrogen and oxygen atoms in total. The molecular formula is C26H14Cl3F7N6O. The molecule has 3 aromatic rings. The number of aromatic nitrogens is 2. The van der Waals surface area contributed by atoms with Crippen LogP contribution in [0.15, 0.2) is 54.9 Å². The van der Waals surface area contributed by atoms with Crippen LogP contribution in [0.4, 0.5) is 36.7 Å². The molecule has 1 unspecified atom stereocenters. The van der Waals surface area contributed by atoms with Gasteiger partial charge >= 0.3 is 12.4 Å². The lowest BCUT2D eigenvalue weighted by molar-refractivity contribution is -0.140. The highest BCUT2D eigenvalue weighted by atomic mass is 35.5. The zero-order valence-corrected chi connectivity index (χ0v) is 23.3. The van der Waals surface area contributed by atoms with Crippen LogP contribution in [0.1, 0.15) is 33.0 Å². The Bertz CT molecular complexity index is 1600. The maximum absolute atomic E-state index is 15.2. The van der Waals surface area contributed by atoms with Crippen LogP contribution in [0.25, 0.3) is 5.83 Å². The third-order valence-corrected chi connectivity index (χ3v) is 6.81. The second-order valence-electron chi connectivity index (χ2n) is 8.38. The average molecular weight is 666 g/mol. The number of rotatable bonds is 8. The predicted octanol–water partition coefficient (Wildman–Crippen LogP) is 8.02. The van der Waals surface area contributed by atoms with Gasteiger partial charge in [0, 0.05) is 18.0 Å². The number of nitriles is 2. The SMILES string of the molecule is N#CCN(C(=O)c1ccc(/C(F)=C/C(c2cc(Cl)c(Cl)c(Cl)c2)C(F)(F)F)cc1C(F)(F)F)N(CC#N)c1ncccn1. The van der Waals surface area contributed by atoms with E-state index in [9.17, 15) is 41.7 Å². The molecule has 1 atom stereocenters. The highest BCUT2D eigenvalue weighted by molar-refractivity contribution is 6.48. The molecule has 1 aromatic heterocycles. The first-order chi connectivity index (χ1) is 20.1. The lowest BCUT2D eigenvalue weighted by Gasteiger charge is -2.31. The van der Waals surface area contributed by atoms with Crippen LogP contribution in [-0.4, -0.2) is 40.1 Å². The van der Waals surface area contributed by atoms with Crippen molar-refractivity contribution in [3.63, 3.8) is 0 Å². The zero-order valence-electron chi connectivity index (χ0n) is 21.1. The molecule has 0 aliphatic rings.